The number of hydrogen-bond acceptors (Lipinski definition) is 2. The van der Waals surface area contributed by atoms with Crippen molar-refractivity contribution in [2.24, 2.45) is 5.92 Å². The fourth-order valence-electron chi connectivity index (χ4n) is 3.72. The van der Waals surface area contributed by atoms with Crippen molar-refractivity contribution in [3.8, 4) is 0 Å². The number of piperidine rings is 1. The number of fused-ring (bicyclic) bond motifs is 4. The van der Waals surface area contributed by atoms with Gasteiger partial charge in [0.25, 0.3) is 5.56 Å². The summed E-state index contributed by atoms with van der Waals surface area (Å²) in [6.45, 7) is 5.79. The van der Waals surface area contributed by atoms with Crippen molar-refractivity contribution < 1.29 is 0 Å². The van der Waals surface area contributed by atoms with E-state index >= 15 is 0 Å². The first kappa shape index (κ1) is 11.7. The second kappa shape index (κ2) is 4.39. The van der Waals surface area contributed by atoms with Gasteiger partial charge in [-0.25, -0.2) is 0 Å². The maximum Gasteiger partial charge on any atom is 0.250 e. The van der Waals surface area contributed by atoms with Gasteiger partial charge in [0.2, 0.25) is 0 Å². The van der Waals surface area contributed by atoms with Gasteiger partial charge < -0.3 is 9.47 Å². The van der Waals surface area contributed by atoms with Gasteiger partial charge in [0, 0.05) is 36.8 Å². The van der Waals surface area contributed by atoms with Crippen molar-refractivity contribution in [1.82, 2.24) is 9.47 Å². The van der Waals surface area contributed by atoms with Gasteiger partial charge in [-0.05, 0) is 31.9 Å². The molecule has 2 bridgehead atoms. The molecule has 2 aliphatic heterocycles. The first-order valence-electron chi connectivity index (χ1n) is 6.71. The van der Waals surface area contributed by atoms with Gasteiger partial charge >= 0.3 is 0 Å². The second-order valence-electron chi connectivity index (χ2n) is 5.62. The minimum Gasteiger partial charge on any atom is -0.312 e. The summed E-state index contributed by atoms with van der Waals surface area (Å²) >= 11 is 0. The predicted octanol–water partition coefficient (Wildman–Crippen LogP) is 1.84. The highest BCUT2D eigenvalue weighted by Crippen LogP contribution is 2.38. The summed E-state index contributed by atoms with van der Waals surface area (Å²) in [6, 6.07) is 6.23. The van der Waals surface area contributed by atoms with Crippen LogP contribution in [0.5, 0.6) is 0 Å². The average molecular weight is 244 g/mol. The lowest BCUT2D eigenvalue weighted by Crippen LogP contribution is -2.51. The Morgan fingerprint density at radius 3 is 3.06 bits per heavy atom. The maximum absolute atomic E-state index is 12.0. The average Bonchev–Trinajstić information content (AvgIpc) is 2.35. The van der Waals surface area contributed by atoms with Gasteiger partial charge in [-0.1, -0.05) is 12.1 Å². The van der Waals surface area contributed by atoms with Crippen LogP contribution in [-0.2, 0) is 6.54 Å². The molecule has 1 fully saturated rings. The van der Waals surface area contributed by atoms with E-state index in [-0.39, 0.29) is 5.56 Å². The number of aromatic nitrogens is 1. The monoisotopic (exact) mass is 244 g/mol. The number of likely N-dealkylation sites (tertiary alicyclic amines) is 1. The number of pyridine rings is 1. The summed E-state index contributed by atoms with van der Waals surface area (Å²) in [5, 5.41) is 0. The van der Waals surface area contributed by atoms with Crippen LogP contribution in [0.3, 0.4) is 0 Å². The molecule has 0 aliphatic carbocycles. The van der Waals surface area contributed by atoms with Gasteiger partial charge in [-0.2, -0.15) is 0 Å². The first-order valence-corrected chi connectivity index (χ1v) is 6.71. The molecule has 1 aromatic rings. The normalized spacial score (nSPS) is 30.8. The summed E-state index contributed by atoms with van der Waals surface area (Å²) in [5.41, 5.74) is 1.38. The minimum atomic E-state index is 0.157. The van der Waals surface area contributed by atoms with Gasteiger partial charge in [0.05, 0.1) is 0 Å². The lowest BCUT2D eigenvalue weighted by atomic mass is 9.77. The van der Waals surface area contributed by atoms with E-state index in [1.165, 1.54) is 12.1 Å². The Labute approximate surface area is 108 Å². The summed E-state index contributed by atoms with van der Waals surface area (Å²) in [7, 11) is 2.20. The Bertz CT molecular complexity index is 519. The third kappa shape index (κ3) is 1.74. The molecule has 3 rings (SSSR count). The van der Waals surface area contributed by atoms with Crippen molar-refractivity contribution in [3.05, 3.63) is 46.9 Å². The van der Waals surface area contributed by atoms with Crippen LogP contribution in [0.2, 0.25) is 0 Å². The molecule has 1 aromatic heterocycles. The standard InChI is InChI=1S/C15H20N2O/c1-3-5-13-12-8-11(9-16(13)2)14-6-4-7-15(18)17(14)10-12/h3-4,6-7,11-13H,1,5,8-10H2,2H3/t11-,12-,13-/m1/s1. The fraction of sp³-hybridized carbons (Fsp3) is 0.533. The van der Waals surface area contributed by atoms with Gasteiger partial charge in [-0.15, -0.1) is 6.58 Å². The molecule has 1 saturated heterocycles. The van der Waals surface area contributed by atoms with Crippen LogP contribution >= 0.6 is 0 Å². The smallest absolute Gasteiger partial charge is 0.250 e. The van der Waals surface area contributed by atoms with Crippen molar-refractivity contribution in [2.45, 2.75) is 31.3 Å². The quantitative estimate of drug-likeness (QED) is 0.742. The highest BCUT2D eigenvalue weighted by molar-refractivity contribution is 5.17. The molecule has 96 valence electrons. The van der Waals surface area contributed by atoms with E-state index in [1.54, 1.807) is 6.07 Å². The number of rotatable bonds is 2. The number of likely N-dealkylation sites (N-methyl/N-ethyl adjacent to an activating group) is 1. The molecule has 2 aliphatic rings. The topological polar surface area (TPSA) is 25.2 Å². The molecule has 0 N–H and O–H groups in total. The van der Waals surface area contributed by atoms with Gasteiger partial charge in [0.1, 0.15) is 0 Å². The van der Waals surface area contributed by atoms with Crippen LogP contribution in [0.4, 0.5) is 0 Å². The van der Waals surface area contributed by atoms with Crippen LogP contribution < -0.4 is 5.56 Å². The Kier molecular flexibility index (Phi) is 2.86. The second-order valence-corrected chi connectivity index (χ2v) is 5.62. The van der Waals surface area contributed by atoms with E-state index in [0.717, 1.165) is 19.5 Å². The largest absolute Gasteiger partial charge is 0.312 e. The molecule has 0 saturated carbocycles. The molecular formula is C15H20N2O. The predicted molar refractivity (Wildman–Crippen MR) is 72.8 cm³/mol. The zero-order valence-corrected chi connectivity index (χ0v) is 10.9. The van der Waals surface area contributed by atoms with Crippen molar-refractivity contribution >= 4 is 0 Å². The van der Waals surface area contributed by atoms with E-state index in [9.17, 15) is 4.79 Å². The molecule has 0 amide bonds. The summed E-state index contributed by atoms with van der Waals surface area (Å²) in [5.74, 6) is 1.10. The van der Waals surface area contributed by atoms with Crippen molar-refractivity contribution in [1.29, 1.82) is 0 Å². The van der Waals surface area contributed by atoms with E-state index < -0.39 is 0 Å². The minimum absolute atomic E-state index is 0.157. The van der Waals surface area contributed by atoms with Gasteiger partial charge in [0.15, 0.2) is 0 Å². The van der Waals surface area contributed by atoms with Crippen molar-refractivity contribution in [2.75, 3.05) is 13.6 Å². The Hall–Kier alpha value is -1.35. The van der Waals surface area contributed by atoms with Gasteiger partial charge in [-0.3, -0.25) is 4.79 Å². The van der Waals surface area contributed by atoms with Crippen LogP contribution in [0.1, 0.15) is 24.5 Å². The maximum atomic E-state index is 12.0. The molecule has 3 nitrogen and oxygen atoms in total. The molecule has 3 heteroatoms. The summed E-state index contributed by atoms with van der Waals surface area (Å²) in [6.07, 6.45) is 4.24. The summed E-state index contributed by atoms with van der Waals surface area (Å²) < 4.78 is 1.99. The molecular weight excluding hydrogens is 224 g/mol. The third-order valence-electron chi connectivity index (χ3n) is 4.53. The number of nitrogens with zero attached hydrogens (tertiary/aromatic N) is 2. The van der Waals surface area contributed by atoms with E-state index in [4.69, 9.17) is 0 Å². The molecule has 18 heavy (non-hydrogen) atoms. The highest BCUT2D eigenvalue weighted by atomic mass is 16.1. The van der Waals surface area contributed by atoms with Crippen LogP contribution in [0, 0.1) is 5.92 Å². The Balaban J connectivity index is 2.00. The van der Waals surface area contributed by atoms with E-state index in [1.807, 2.05) is 16.7 Å². The molecule has 3 atom stereocenters. The first-order chi connectivity index (χ1) is 8.70. The lowest BCUT2D eigenvalue weighted by molar-refractivity contribution is 0.0739. The SMILES string of the molecule is C=CC[C@@H]1[C@@H]2C[C@H](CN1C)c1cccc(=O)n1C2. The Morgan fingerprint density at radius 1 is 1.44 bits per heavy atom. The van der Waals surface area contributed by atoms with Crippen LogP contribution in [0.25, 0.3) is 0 Å². The molecule has 3 heterocycles. The zero-order chi connectivity index (χ0) is 12.7. The number of hydrogen-bond donors (Lipinski definition) is 0. The fourth-order valence-corrected chi connectivity index (χ4v) is 3.72. The molecule has 0 radical (unpaired) electrons. The van der Waals surface area contributed by atoms with E-state index in [2.05, 4.69) is 24.6 Å². The van der Waals surface area contributed by atoms with E-state index in [0.29, 0.717) is 17.9 Å². The zero-order valence-electron chi connectivity index (χ0n) is 10.9. The van der Waals surface area contributed by atoms with Crippen molar-refractivity contribution in [3.63, 3.8) is 0 Å². The van der Waals surface area contributed by atoms with Crippen LogP contribution in [0.15, 0.2) is 35.6 Å². The highest BCUT2D eigenvalue weighted by Gasteiger charge is 2.38. The summed E-state index contributed by atoms with van der Waals surface area (Å²) in [4.78, 5) is 14.4. The molecule has 0 spiro atoms. The third-order valence-corrected chi connectivity index (χ3v) is 4.53. The molecule has 0 aromatic carbocycles. The molecule has 0 unspecified atom stereocenters. The lowest BCUT2D eigenvalue weighted by Gasteiger charge is -2.47. The van der Waals surface area contributed by atoms with Crippen LogP contribution in [-0.4, -0.2) is 29.1 Å². The Morgan fingerprint density at radius 2 is 2.28 bits per heavy atom.